The van der Waals surface area contributed by atoms with Gasteiger partial charge in [-0.2, -0.15) is 8.42 Å². The van der Waals surface area contributed by atoms with Gasteiger partial charge in [0.1, 0.15) is 0 Å². The average molecular weight is 483 g/mol. The largest absolute Gasteiger partial charge is 0.390 e. The third-order valence-electron chi connectivity index (χ3n) is 10.8. The Hall–Kier alpha value is -0.430. The van der Waals surface area contributed by atoms with Gasteiger partial charge in [-0.05, 0) is 106 Å². The molecular formula is C27H46O5S. The Morgan fingerprint density at radius 2 is 1.82 bits per heavy atom. The summed E-state index contributed by atoms with van der Waals surface area (Å²) in [5.41, 5.74) is 0.759. The number of aliphatic hydroxyl groups is 2. The second-order valence-electron chi connectivity index (χ2n) is 13.3. The van der Waals surface area contributed by atoms with Gasteiger partial charge in [0.15, 0.2) is 4.93 Å². The van der Waals surface area contributed by atoms with E-state index in [9.17, 15) is 23.2 Å². The first-order valence-corrected chi connectivity index (χ1v) is 14.7. The molecule has 0 radical (unpaired) electrons. The van der Waals surface area contributed by atoms with Gasteiger partial charge in [-0.25, -0.2) is 0 Å². The van der Waals surface area contributed by atoms with Crippen molar-refractivity contribution < 1.29 is 23.2 Å². The monoisotopic (exact) mass is 482 g/mol. The highest BCUT2D eigenvalue weighted by atomic mass is 32.2. The number of allylic oxidation sites excluding steroid dienone is 1. The van der Waals surface area contributed by atoms with Crippen LogP contribution in [-0.4, -0.2) is 33.7 Å². The van der Waals surface area contributed by atoms with Gasteiger partial charge < -0.3 is 10.2 Å². The Kier molecular flexibility index (Phi) is 6.46. The zero-order valence-electron chi connectivity index (χ0n) is 21.3. The zero-order valence-corrected chi connectivity index (χ0v) is 22.1. The summed E-state index contributed by atoms with van der Waals surface area (Å²) in [6.45, 7) is 11.1. The third-order valence-corrected chi connectivity index (χ3v) is 12.1. The fourth-order valence-electron chi connectivity index (χ4n) is 8.87. The Balaban J connectivity index is 1.50. The maximum absolute atomic E-state index is 11.9. The van der Waals surface area contributed by atoms with Crippen molar-refractivity contribution in [2.24, 2.45) is 40.4 Å². The van der Waals surface area contributed by atoms with E-state index in [2.05, 4.69) is 26.8 Å². The van der Waals surface area contributed by atoms with Gasteiger partial charge >= 0.3 is 0 Å². The first-order chi connectivity index (χ1) is 15.1. The quantitative estimate of drug-likeness (QED) is 0.332. The van der Waals surface area contributed by atoms with E-state index in [1.54, 1.807) is 0 Å². The van der Waals surface area contributed by atoms with Crippen LogP contribution in [0.2, 0.25) is 0 Å². The van der Waals surface area contributed by atoms with Crippen LogP contribution >= 0.6 is 0 Å². The SMILES string of the molecule is C[C@H](CCCC(C)(C)O)[C@H]1CC[C@H]2[C@@H]3CC=C4C[C@](O)(S(=O)(=O)O)CC[C@]4(C)[C@H]3CC[C@]12C. The predicted molar refractivity (Wildman–Crippen MR) is 131 cm³/mol. The van der Waals surface area contributed by atoms with Gasteiger partial charge in [0.2, 0.25) is 0 Å². The van der Waals surface area contributed by atoms with Crippen molar-refractivity contribution in [3.8, 4) is 0 Å². The smallest absolute Gasteiger partial charge is 0.295 e. The normalized spacial score (nSPS) is 44.4. The molecule has 0 spiro atoms. The maximum atomic E-state index is 11.9. The highest BCUT2D eigenvalue weighted by Crippen LogP contribution is 2.68. The highest BCUT2D eigenvalue weighted by molar-refractivity contribution is 7.87. The Morgan fingerprint density at radius 1 is 1.12 bits per heavy atom. The lowest BCUT2D eigenvalue weighted by Crippen LogP contribution is -2.53. The molecule has 4 aliphatic carbocycles. The molecule has 33 heavy (non-hydrogen) atoms. The van der Waals surface area contributed by atoms with Gasteiger partial charge in [0.25, 0.3) is 10.1 Å². The van der Waals surface area contributed by atoms with Crippen LogP contribution in [-0.2, 0) is 10.1 Å². The van der Waals surface area contributed by atoms with Crippen molar-refractivity contribution in [1.82, 2.24) is 0 Å². The molecule has 0 unspecified atom stereocenters. The molecule has 6 heteroatoms. The summed E-state index contributed by atoms with van der Waals surface area (Å²) in [6, 6.07) is 0. The number of rotatable bonds is 6. The molecule has 0 amide bonds. The van der Waals surface area contributed by atoms with Crippen LogP contribution in [0.5, 0.6) is 0 Å². The molecule has 5 nitrogen and oxygen atoms in total. The molecule has 0 aromatic heterocycles. The minimum absolute atomic E-state index is 0.0500. The maximum Gasteiger partial charge on any atom is 0.295 e. The Bertz CT molecular complexity index is 889. The average Bonchev–Trinajstić information content (AvgIpc) is 3.04. The molecule has 3 N–H and O–H groups in total. The van der Waals surface area contributed by atoms with Gasteiger partial charge in [-0.1, -0.05) is 45.3 Å². The Labute approximate surface area is 201 Å². The summed E-state index contributed by atoms with van der Waals surface area (Å²) in [5, 5.41) is 20.8. The lowest BCUT2D eigenvalue weighted by atomic mass is 9.47. The third kappa shape index (κ3) is 4.36. The minimum atomic E-state index is -4.49. The molecular weight excluding hydrogens is 436 g/mol. The fourth-order valence-corrected chi connectivity index (χ4v) is 9.57. The second-order valence-corrected chi connectivity index (χ2v) is 15.0. The molecule has 8 atom stereocenters. The van der Waals surface area contributed by atoms with E-state index in [4.69, 9.17) is 0 Å². The first-order valence-electron chi connectivity index (χ1n) is 13.2. The van der Waals surface area contributed by atoms with Gasteiger partial charge in [0, 0.05) is 6.42 Å². The van der Waals surface area contributed by atoms with Crippen molar-refractivity contribution >= 4 is 10.1 Å². The summed E-state index contributed by atoms with van der Waals surface area (Å²) in [6.07, 6.45) is 12.1. The predicted octanol–water partition coefficient (Wildman–Crippen LogP) is 5.72. The molecule has 4 rings (SSSR count). The van der Waals surface area contributed by atoms with E-state index < -0.39 is 20.7 Å². The fraction of sp³-hybridized carbons (Fsp3) is 0.926. The van der Waals surface area contributed by atoms with Gasteiger partial charge in [-0.3, -0.25) is 4.55 Å². The van der Waals surface area contributed by atoms with Crippen LogP contribution < -0.4 is 0 Å². The molecule has 0 bridgehead atoms. The molecule has 0 aromatic carbocycles. The van der Waals surface area contributed by atoms with E-state index in [1.807, 2.05) is 13.8 Å². The second kappa shape index (κ2) is 8.31. The van der Waals surface area contributed by atoms with Gasteiger partial charge in [-0.15, -0.1) is 0 Å². The van der Waals surface area contributed by atoms with Crippen LogP contribution in [0.1, 0.15) is 105 Å². The minimum Gasteiger partial charge on any atom is -0.390 e. The van der Waals surface area contributed by atoms with E-state index in [-0.39, 0.29) is 18.3 Å². The van der Waals surface area contributed by atoms with E-state index in [0.29, 0.717) is 35.5 Å². The molecule has 190 valence electrons. The van der Waals surface area contributed by atoms with E-state index >= 15 is 0 Å². The molecule has 3 fully saturated rings. The number of fused-ring (bicyclic) bond motifs is 5. The zero-order chi connectivity index (χ0) is 24.4. The van der Waals surface area contributed by atoms with E-state index in [0.717, 1.165) is 30.8 Å². The first kappa shape index (κ1) is 25.7. The summed E-state index contributed by atoms with van der Waals surface area (Å²) >= 11 is 0. The topological polar surface area (TPSA) is 94.8 Å². The lowest BCUT2D eigenvalue weighted by Gasteiger charge is -2.59. The molecule has 4 aliphatic rings. The molecule has 0 heterocycles. The molecule has 0 aliphatic heterocycles. The molecule has 3 saturated carbocycles. The summed E-state index contributed by atoms with van der Waals surface area (Å²) in [5.74, 6) is 3.27. The Morgan fingerprint density at radius 3 is 2.45 bits per heavy atom. The van der Waals surface area contributed by atoms with Crippen LogP contribution in [0.3, 0.4) is 0 Å². The summed E-state index contributed by atoms with van der Waals surface area (Å²) in [4.78, 5) is -2.02. The molecule has 0 saturated heterocycles. The highest BCUT2D eigenvalue weighted by Gasteiger charge is 2.61. The van der Waals surface area contributed by atoms with Crippen molar-refractivity contribution in [1.29, 1.82) is 0 Å². The van der Waals surface area contributed by atoms with Crippen molar-refractivity contribution in [2.75, 3.05) is 0 Å². The number of hydrogen-bond acceptors (Lipinski definition) is 4. The van der Waals surface area contributed by atoms with Crippen molar-refractivity contribution in [3.63, 3.8) is 0 Å². The van der Waals surface area contributed by atoms with Gasteiger partial charge in [0.05, 0.1) is 5.60 Å². The van der Waals surface area contributed by atoms with Crippen LogP contribution in [0.4, 0.5) is 0 Å². The van der Waals surface area contributed by atoms with Crippen molar-refractivity contribution in [3.05, 3.63) is 11.6 Å². The van der Waals surface area contributed by atoms with E-state index in [1.165, 1.54) is 32.1 Å². The standard InChI is InChI=1S/C27H46O5S/c1-18(7-6-13-24(2,3)28)21-10-11-22-20-9-8-19-17-27(29,33(30,31)32)16-15-25(19,4)23(20)12-14-26(21,22)5/h8,18,20-23,28-29H,6-7,9-17H2,1-5H3,(H,30,31,32)/t18-,20+,21-,22+,23+,25+,26-,27-/m1/s1. The van der Waals surface area contributed by atoms with Crippen LogP contribution in [0.15, 0.2) is 11.6 Å². The number of hydrogen-bond donors (Lipinski definition) is 3. The lowest BCUT2D eigenvalue weighted by molar-refractivity contribution is -0.0621. The van der Waals surface area contributed by atoms with Crippen LogP contribution in [0, 0.1) is 40.4 Å². The van der Waals surface area contributed by atoms with Crippen LogP contribution in [0.25, 0.3) is 0 Å². The summed E-state index contributed by atoms with van der Waals surface area (Å²) < 4.78 is 33.3. The molecule has 0 aromatic rings. The summed E-state index contributed by atoms with van der Waals surface area (Å²) in [7, 11) is -4.49. The van der Waals surface area contributed by atoms with Crippen molar-refractivity contribution in [2.45, 2.75) is 116 Å².